The zero-order valence-electron chi connectivity index (χ0n) is 16.1. The van der Waals surface area contributed by atoms with Gasteiger partial charge in [0.05, 0.1) is 17.1 Å². The summed E-state index contributed by atoms with van der Waals surface area (Å²) >= 11 is 7.27. The number of hydrogen-bond acceptors (Lipinski definition) is 6. The van der Waals surface area contributed by atoms with Gasteiger partial charge in [0.2, 0.25) is 0 Å². The van der Waals surface area contributed by atoms with E-state index < -0.39 is 16.8 Å². The van der Waals surface area contributed by atoms with Crippen LogP contribution >= 0.6 is 22.9 Å². The highest BCUT2D eigenvalue weighted by Gasteiger charge is 2.31. The number of rotatable bonds is 6. The van der Waals surface area contributed by atoms with E-state index in [1.54, 1.807) is 6.92 Å². The molecule has 0 saturated heterocycles. The predicted octanol–water partition coefficient (Wildman–Crippen LogP) is 5.25. The van der Waals surface area contributed by atoms with Gasteiger partial charge >= 0.3 is 5.97 Å². The van der Waals surface area contributed by atoms with Crippen molar-refractivity contribution in [1.29, 1.82) is 0 Å². The van der Waals surface area contributed by atoms with Gasteiger partial charge in [0.25, 0.3) is 11.6 Å². The Bertz CT molecular complexity index is 972. The fourth-order valence-electron chi connectivity index (χ4n) is 3.53. The average molecular weight is 437 g/mol. The molecule has 0 bridgehead atoms. The van der Waals surface area contributed by atoms with E-state index in [2.05, 4.69) is 12.2 Å². The maximum atomic E-state index is 12.8. The highest BCUT2D eigenvalue weighted by molar-refractivity contribution is 7.17. The number of thiophene rings is 1. The number of ether oxygens (including phenoxy) is 1. The van der Waals surface area contributed by atoms with Gasteiger partial charge in [0.15, 0.2) is 0 Å². The van der Waals surface area contributed by atoms with E-state index >= 15 is 0 Å². The van der Waals surface area contributed by atoms with Gasteiger partial charge in [0, 0.05) is 16.0 Å². The third-order valence-electron chi connectivity index (χ3n) is 5.05. The number of esters is 1. The maximum absolute atomic E-state index is 12.8. The van der Waals surface area contributed by atoms with E-state index in [4.69, 9.17) is 16.3 Å². The van der Waals surface area contributed by atoms with Gasteiger partial charge in [-0.1, -0.05) is 24.9 Å². The molecular formula is C20H21ClN2O5S. The molecule has 9 heteroatoms. The molecular weight excluding hydrogens is 416 g/mol. The summed E-state index contributed by atoms with van der Waals surface area (Å²) in [7, 11) is 0. The zero-order valence-corrected chi connectivity index (χ0v) is 17.7. The van der Waals surface area contributed by atoms with Gasteiger partial charge in [0.1, 0.15) is 10.6 Å². The smallest absolute Gasteiger partial charge is 0.341 e. The van der Waals surface area contributed by atoms with Crippen molar-refractivity contribution in [1.82, 2.24) is 0 Å². The maximum Gasteiger partial charge on any atom is 0.341 e. The lowest BCUT2D eigenvalue weighted by Gasteiger charge is -2.20. The van der Waals surface area contributed by atoms with Gasteiger partial charge in [-0.25, -0.2) is 4.79 Å². The van der Waals surface area contributed by atoms with Crippen molar-refractivity contribution in [3.63, 3.8) is 0 Å². The van der Waals surface area contributed by atoms with Crippen molar-refractivity contribution >= 4 is 45.5 Å². The van der Waals surface area contributed by atoms with Crippen LogP contribution in [0.15, 0.2) is 18.2 Å². The number of benzene rings is 1. The summed E-state index contributed by atoms with van der Waals surface area (Å²) in [4.78, 5) is 37.1. The quantitative estimate of drug-likeness (QED) is 0.378. The van der Waals surface area contributed by atoms with Gasteiger partial charge < -0.3 is 10.1 Å². The highest BCUT2D eigenvalue weighted by atomic mass is 35.5. The molecule has 1 amide bonds. The minimum atomic E-state index is -0.685. The average Bonchev–Trinajstić information content (AvgIpc) is 3.04. The molecule has 1 N–H and O–H groups in total. The SMILES string of the molecule is CCOC(=O)c1c(NC(=O)c2cc(Cl)ccc2[N+](=O)[O-])sc2c1CCC(CC)C2. The van der Waals surface area contributed by atoms with Crippen LogP contribution in [0.3, 0.4) is 0 Å². The van der Waals surface area contributed by atoms with Crippen LogP contribution in [0.25, 0.3) is 0 Å². The van der Waals surface area contributed by atoms with Crippen molar-refractivity contribution in [2.24, 2.45) is 5.92 Å². The third-order valence-corrected chi connectivity index (χ3v) is 6.46. The molecule has 2 aromatic rings. The minimum Gasteiger partial charge on any atom is -0.462 e. The van der Waals surface area contributed by atoms with Crippen molar-refractivity contribution in [2.45, 2.75) is 39.5 Å². The lowest BCUT2D eigenvalue weighted by Crippen LogP contribution is -2.17. The molecule has 0 radical (unpaired) electrons. The highest BCUT2D eigenvalue weighted by Crippen LogP contribution is 2.41. The van der Waals surface area contributed by atoms with E-state index in [9.17, 15) is 19.7 Å². The van der Waals surface area contributed by atoms with E-state index in [0.29, 0.717) is 16.5 Å². The van der Waals surface area contributed by atoms with E-state index in [1.807, 2.05) is 0 Å². The van der Waals surface area contributed by atoms with Crippen LogP contribution in [0.1, 0.15) is 57.8 Å². The van der Waals surface area contributed by atoms with Crippen LogP contribution in [0, 0.1) is 16.0 Å². The summed E-state index contributed by atoms with van der Waals surface area (Å²) in [6.07, 6.45) is 3.60. The molecule has 1 aliphatic carbocycles. The summed E-state index contributed by atoms with van der Waals surface area (Å²) in [5, 5.41) is 14.6. The molecule has 0 spiro atoms. The summed E-state index contributed by atoms with van der Waals surface area (Å²) in [5.74, 6) is -0.639. The summed E-state index contributed by atoms with van der Waals surface area (Å²) < 4.78 is 5.20. The van der Waals surface area contributed by atoms with E-state index in [-0.39, 0.29) is 22.9 Å². The molecule has 1 unspecified atom stereocenters. The second kappa shape index (κ2) is 8.92. The number of hydrogen-bond donors (Lipinski definition) is 1. The van der Waals surface area contributed by atoms with Crippen molar-refractivity contribution in [3.05, 3.63) is 54.9 Å². The minimum absolute atomic E-state index is 0.157. The summed E-state index contributed by atoms with van der Waals surface area (Å²) in [6.45, 7) is 4.07. The number of fused-ring (bicyclic) bond motifs is 1. The van der Waals surface area contributed by atoms with Crippen molar-refractivity contribution in [3.8, 4) is 0 Å². The molecule has 29 heavy (non-hydrogen) atoms. The molecule has 0 saturated carbocycles. The van der Waals surface area contributed by atoms with E-state index in [1.165, 1.54) is 29.5 Å². The number of nitrogens with one attached hydrogen (secondary N) is 1. The molecule has 1 aromatic carbocycles. The zero-order chi connectivity index (χ0) is 21.1. The Morgan fingerprint density at radius 1 is 1.38 bits per heavy atom. The molecule has 3 rings (SSSR count). The Labute approximate surface area is 177 Å². The first-order valence-corrected chi connectivity index (χ1v) is 10.6. The number of amides is 1. The number of carbonyl (C=O) groups is 2. The lowest BCUT2D eigenvalue weighted by atomic mass is 9.85. The lowest BCUT2D eigenvalue weighted by molar-refractivity contribution is -0.385. The normalized spacial score (nSPS) is 15.5. The topological polar surface area (TPSA) is 98.5 Å². The molecule has 0 aliphatic heterocycles. The molecule has 1 aliphatic rings. The fraction of sp³-hybridized carbons (Fsp3) is 0.400. The number of nitro benzene ring substituents is 1. The van der Waals surface area contributed by atoms with Crippen LogP contribution in [-0.4, -0.2) is 23.4 Å². The Morgan fingerprint density at radius 3 is 2.79 bits per heavy atom. The van der Waals surface area contributed by atoms with Gasteiger partial charge in [-0.3, -0.25) is 14.9 Å². The molecule has 0 fully saturated rings. The molecule has 7 nitrogen and oxygen atoms in total. The Morgan fingerprint density at radius 2 is 2.14 bits per heavy atom. The molecule has 1 atom stereocenters. The van der Waals surface area contributed by atoms with Crippen LogP contribution in [0.2, 0.25) is 5.02 Å². The van der Waals surface area contributed by atoms with E-state index in [0.717, 1.165) is 36.1 Å². The van der Waals surface area contributed by atoms with Crippen LogP contribution in [0.5, 0.6) is 0 Å². The second-order valence-electron chi connectivity index (χ2n) is 6.82. The predicted molar refractivity (Wildman–Crippen MR) is 112 cm³/mol. The number of nitro groups is 1. The van der Waals surface area contributed by atoms with Crippen molar-refractivity contribution < 1.29 is 19.2 Å². The standard InChI is InChI=1S/C20H21ClN2O5S/c1-3-11-5-7-13-16(9-11)29-19(17(13)20(25)28-4-2)22-18(24)14-10-12(21)6-8-15(14)23(26)27/h6,8,10-11H,3-5,7,9H2,1-2H3,(H,22,24). The first kappa shape index (κ1) is 21.3. The van der Waals surface area contributed by atoms with Gasteiger partial charge in [-0.2, -0.15) is 0 Å². The number of carbonyl (C=O) groups excluding carboxylic acids is 2. The van der Waals surface area contributed by atoms with Crippen LogP contribution < -0.4 is 5.32 Å². The Balaban J connectivity index is 2.00. The van der Waals surface area contributed by atoms with Gasteiger partial charge in [-0.15, -0.1) is 11.3 Å². The largest absolute Gasteiger partial charge is 0.462 e. The second-order valence-corrected chi connectivity index (χ2v) is 8.36. The molecule has 154 valence electrons. The van der Waals surface area contributed by atoms with Gasteiger partial charge in [-0.05, 0) is 49.8 Å². The third kappa shape index (κ3) is 4.43. The fourth-order valence-corrected chi connectivity index (χ4v) is 5.05. The Kier molecular flexibility index (Phi) is 6.54. The molecule has 1 heterocycles. The monoisotopic (exact) mass is 436 g/mol. The Hall–Kier alpha value is -2.45. The summed E-state index contributed by atoms with van der Waals surface area (Å²) in [6, 6.07) is 3.80. The number of nitrogens with zero attached hydrogens (tertiary/aromatic N) is 1. The first-order valence-electron chi connectivity index (χ1n) is 9.42. The first-order chi connectivity index (χ1) is 13.8. The van der Waals surface area contributed by atoms with Crippen molar-refractivity contribution in [2.75, 3.05) is 11.9 Å². The summed E-state index contributed by atoms with van der Waals surface area (Å²) in [5.41, 5.74) is 0.764. The molecule has 1 aromatic heterocycles. The van der Waals surface area contributed by atoms with Crippen LogP contribution in [-0.2, 0) is 17.6 Å². The van der Waals surface area contributed by atoms with Crippen LogP contribution in [0.4, 0.5) is 10.7 Å². The number of halogens is 1. The number of anilines is 1.